The number of benzene rings is 2. The number of esters is 1. The van der Waals surface area contributed by atoms with Crippen molar-refractivity contribution in [2.45, 2.75) is 13.0 Å². The van der Waals surface area contributed by atoms with E-state index < -0.39 is 22.9 Å². The lowest BCUT2D eigenvalue weighted by atomic mass is 10.2. The van der Waals surface area contributed by atoms with Crippen LogP contribution in [0.5, 0.6) is 0 Å². The number of rotatable bonds is 5. The predicted octanol–water partition coefficient (Wildman–Crippen LogP) is 4.32. The second-order valence-electron chi connectivity index (χ2n) is 5.31. The number of non-ortho nitro benzene ring substituents is 1. The van der Waals surface area contributed by atoms with Crippen molar-refractivity contribution in [2.75, 3.05) is 11.1 Å². The highest BCUT2D eigenvalue weighted by atomic mass is 35.5. The average Bonchev–Trinajstić information content (AvgIpc) is 2.59. The number of halogens is 3. The van der Waals surface area contributed by atoms with Gasteiger partial charge in [0.15, 0.2) is 6.10 Å². The van der Waals surface area contributed by atoms with Crippen molar-refractivity contribution in [3.05, 3.63) is 61.1 Å². The zero-order valence-corrected chi connectivity index (χ0v) is 15.9. The Morgan fingerprint density at radius 1 is 1.19 bits per heavy atom. The third-order valence-electron chi connectivity index (χ3n) is 3.39. The number of nitrogens with zero attached hydrogens (tertiary/aromatic N) is 1. The molecule has 3 N–H and O–H groups in total. The van der Waals surface area contributed by atoms with E-state index >= 15 is 0 Å². The molecule has 0 fully saturated rings. The van der Waals surface area contributed by atoms with Crippen molar-refractivity contribution >= 4 is 63.7 Å². The smallest absolute Gasteiger partial charge is 0.341 e. The Hall–Kier alpha value is -2.55. The fraction of sp³-hybridized carbons (Fsp3) is 0.125. The van der Waals surface area contributed by atoms with Gasteiger partial charge in [-0.1, -0.05) is 34.8 Å². The topological polar surface area (TPSA) is 125 Å². The van der Waals surface area contributed by atoms with Crippen LogP contribution in [-0.4, -0.2) is 22.9 Å². The Balaban J connectivity index is 2.10. The van der Waals surface area contributed by atoms with E-state index in [1.165, 1.54) is 31.2 Å². The summed E-state index contributed by atoms with van der Waals surface area (Å²) in [4.78, 5) is 34.5. The van der Waals surface area contributed by atoms with Crippen molar-refractivity contribution in [1.82, 2.24) is 0 Å². The van der Waals surface area contributed by atoms with Crippen LogP contribution in [0.1, 0.15) is 17.3 Å². The van der Waals surface area contributed by atoms with E-state index in [4.69, 9.17) is 45.3 Å². The Morgan fingerprint density at radius 2 is 1.85 bits per heavy atom. The number of anilines is 2. The van der Waals surface area contributed by atoms with Crippen molar-refractivity contribution in [2.24, 2.45) is 0 Å². The number of nitrogens with two attached hydrogens (primary N) is 1. The number of ether oxygens (including phenoxy) is 1. The molecule has 2 aromatic rings. The van der Waals surface area contributed by atoms with Gasteiger partial charge in [-0.25, -0.2) is 4.79 Å². The minimum Gasteiger partial charge on any atom is -0.449 e. The van der Waals surface area contributed by atoms with E-state index in [0.717, 1.165) is 6.07 Å². The Labute approximate surface area is 168 Å². The van der Waals surface area contributed by atoms with Crippen LogP contribution in [-0.2, 0) is 9.53 Å². The van der Waals surface area contributed by atoms with Gasteiger partial charge in [-0.3, -0.25) is 14.9 Å². The lowest BCUT2D eigenvalue weighted by Crippen LogP contribution is -2.30. The zero-order valence-electron chi connectivity index (χ0n) is 13.7. The number of nitro groups is 1. The summed E-state index contributed by atoms with van der Waals surface area (Å²) >= 11 is 17.6. The number of nitrogens with one attached hydrogen (secondary N) is 1. The van der Waals surface area contributed by atoms with Gasteiger partial charge in [0.25, 0.3) is 11.6 Å². The molecule has 142 valence electrons. The summed E-state index contributed by atoms with van der Waals surface area (Å²) in [5.41, 5.74) is 5.50. The predicted molar refractivity (Wildman–Crippen MR) is 102 cm³/mol. The van der Waals surface area contributed by atoms with Crippen molar-refractivity contribution < 1.29 is 19.2 Å². The first-order valence-corrected chi connectivity index (χ1v) is 8.44. The first kappa shape index (κ1) is 20.8. The molecule has 1 atom stereocenters. The molecule has 0 bridgehead atoms. The van der Waals surface area contributed by atoms with Gasteiger partial charge < -0.3 is 15.8 Å². The maximum absolute atomic E-state index is 12.2. The molecule has 1 amide bonds. The highest BCUT2D eigenvalue weighted by Crippen LogP contribution is 2.29. The van der Waals surface area contributed by atoms with Crippen LogP contribution < -0.4 is 11.1 Å². The Bertz CT molecular complexity index is 936. The second-order valence-corrected chi connectivity index (χ2v) is 6.56. The molecule has 0 saturated heterocycles. The van der Waals surface area contributed by atoms with E-state index in [-0.39, 0.29) is 37.7 Å². The lowest BCUT2D eigenvalue weighted by molar-refractivity contribution is -0.384. The van der Waals surface area contributed by atoms with Crippen LogP contribution in [0, 0.1) is 10.1 Å². The molecular formula is C16H12Cl3N3O5. The number of nitro benzene ring substituents is 1. The number of hydrogen-bond acceptors (Lipinski definition) is 6. The molecule has 0 aromatic heterocycles. The number of carbonyl (C=O) groups excluding carboxylic acids is 2. The van der Waals surface area contributed by atoms with Gasteiger partial charge in [0.1, 0.15) is 0 Å². The van der Waals surface area contributed by atoms with Crippen molar-refractivity contribution in [1.29, 1.82) is 0 Å². The minimum absolute atomic E-state index is 0.0305. The summed E-state index contributed by atoms with van der Waals surface area (Å²) in [7, 11) is 0. The first-order chi connectivity index (χ1) is 12.6. The number of hydrogen-bond donors (Lipinski definition) is 2. The fourth-order valence-corrected chi connectivity index (χ4v) is 2.70. The molecular weight excluding hydrogens is 421 g/mol. The summed E-state index contributed by atoms with van der Waals surface area (Å²) in [6.45, 7) is 1.33. The van der Waals surface area contributed by atoms with E-state index in [9.17, 15) is 19.7 Å². The molecule has 2 rings (SSSR count). The number of amides is 1. The van der Waals surface area contributed by atoms with E-state index in [0.29, 0.717) is 0 Å². The van der Waals surface area contributed by atoms with Crippen LogP contribution >= 0.6 is 34.8 Å². The molecule has 0 heterocycles. The average molecular weight is 433 g/mol. The molecule has 0 aliphatic rings. The highest BCUT2D eigenvalue weighted by Gasteiger charge is 2.23. The second kappa shape index (κ2) is 8.43. The summed E-state index contributed by atoms with van der Waals surface area (Å²) in [5, 5.41) is 13.3. The lowest BCUT2D eigenvalue weighted by Gasteiger charge is -2.15. The van der Waals surface area contributed by atoms with Gasteiger partial charge in [-0.2, -0.15) is 0 Å². The van der Waals surface area contributed by atoms with Gasteiger partial charge >= 0.3 is 5.97 Å². The third-order valence-corrected chi connectivity index (χ3v) is 4.23. The van der Waals surface area contributed by atoms with Gasteiger partial charge in [-0.05, 0) is 25.1 Å². The van der Waals surface area contributed by atoms with Crippen LogP contribution in [0.25, 0.3) is 0 Å². The molecule has 0 spiro atoms. The van der Waals surface area contributed by atoms with Gasteiger partial charge in [0.2, 0.25) is 0 Å². The summed E-state index contributed by atoms with van der Waals surface area (Å²) in [5.74, 6) is -1.60. The molecule has 0 aliphatic heterocycles. The van der Waals surface area contributed by atoms with Crippen LogP contribution in [0.3, 0.4) is 0 Å². The summed E-state index contributed by atoms with van der Waals surface area (Å²) < 4.78 is 5.06. The molecule has 0 saturated carbocycles. The van der Waals surface area contributed by atoms with Crippen LogP contribution in [0.2, 0.25) is 15.1 Å². The van der Waals surface area contributed by atoms with E-state index in [2.05, 4.69) is 5.32 Å². The first-order valence-electron chi connectivity index (χ1n) is 7.30. The zero-order chi connectivity index (χ0) is 20.3. The van der Waals surface area contributed by atoms with Crippen molar-refractivity contribution in [3.8, 4) is 0 Å². The normalized spacial score (nSPS) is 11.6. The van der Waals surface area contributed by atoms with Gasteiger partial charge in [-0.15, -0.1) is 0 Å². The molecule has 8 nitrogen and oxygen atoms in total. The quantitative estimate of drug-likeness (QED) is 0.314. The molecule has 1 unspecified atom stereocenters. The molecule has 11 heteroatoms. The highest BCUT2D eigenvalue weighted by molar-refractivity contribution is 6.37. The molecule has 2 aromatic carbocycles. The summed E-state index contributed by atoms with van der Waals surface area (Å²) in [6, 6.07) is 6.15. The Kier molecular flexibility index (Phi) is 6.48. The number of nitrogen functional groups attached to an aromatic ring is 1. The van der Waals surface area contributed by atoms with Crippen LogP contribution in [0.15, 0.2) is 30.3 Å². The fourth-order valence-electron chi connectivity index (χ4n) is 1.98. The van der Waals surface area contributed by atoms with E-state index in [1.807, 2.05) is 0 Å². The molecule has 0 radical (unpaired) electrons. The molecule has 0 aliphatic carbocycles. The van der Waals surface area contributed by atoms with Crippen molar-refractivity contribution in [3.63, 3.8) is 0 Å². The van der Waals surface area contributed by atoms with Gasteiger partial charge in [0, 0.05) is 17.2 Å². The third kappa shape index (κ3) is 5.00. The maximum Gasteiger partial charge on any atom is 0.341 e. The van der Waals surface area contributed by atoms with Crippen LogP contribution in [0.4, 0.5) is 17.1 Å². The summed E-state index contributed by atoms with van der Waals surface area (Å²) in [6.07, 6.45) is -1.22. The Morgan fingerprint density at radius 3 is 2.44 bits per heavy atom. The monoisotopic (exact) mass is 431 g/mol. The largest absolute Gasteiger partial charge is 0.449 e. The maximum atomic E-state index is 12.2. The SMILES string of the molecule is CC(OC(=O)c1cc(Cl)cc(Cl)c1N)C(=O)Nc1ccc([N+](=O)[O-])cc1Cl. The van der Waals surface area contributed by atoms with Gasteiger partial charge in [0.05, 0.1) is 31.9 Å². The molecule has 27 heavy (non-hydrogen) atoms. The standard InChI is InChI=1S/C16H12Cl3N3O5/c1-7(27-16(24)10-4-8(17)5-12(19)14(10)20)15(23)21-13-3-2-9(22(25)26)6-11(13)18/h2-7H,20H2,1H3,(H,21,23). The number of carbonyl (C=O) groups is 2. The minimum atomic E-state index is -1.22. The van der Waals surface area contributed by atoms with E-state index in [1.54, 1.807) is 0 Å².